The third-order valence-electron chi connectivity index (χ3n) is 4.81. The van der Waals surface area contributed by atoms with Gasteiger partial charge in [-0.2, -0.15) is 25.6 Å². The number of carbonyl (C=O) groups excluding carboxylic acids is 1. The summed E-state index contributed by atoms with van der Waals surface area (Å²) in [5, 5.41) is 78.4. The van der Waals surface area contributed by atoms with Gasteiger partial charge in [-0.15, -0.1) is 0 Å². The van der Waals surface area contributed by atoms with Crippen LogP contribution in [0, 0.1) is 0 Å². The Morgan fingerprint density at radius 3 is 1.10 bits per heavy atom. The molecule has 0 aliphatic carbocycles. The fourth-order valence-corrected chi connectivity index (χ4v) is 2.75. The lowest BCUT2D eigenvalue weighted by molar-refractivity contribution is 0.0475. The van der Waals surface area contributed by atoms with E-state index in [1.807, 2.05) is 43.3 Å². The van der Waals surface area contributed by atoms with Crippen LogP contribution in [0.2, 0.25) is 0 Å². The van der Waals surface area contributed by atoms with Crippen molar-refractivity contribution in [2.75, 3.05) is 26.0 Å². The number of benzene rings is 3. The maximum absolute atomic E-state index is 12.1. The number of anilines is 1. The molecule has 0 fully saturated rings. The van der Waals surface area contributed by atoms with Crippen molar-refractivity contribution < 1.29 is 9.63 Å². The van der Waals surface area contributed by atoms with Crippen LogP contribution in [0.3, 0.4) is 0 Å². The Kier molecular flexibility index (Phi) is 15.8. The fourth-order valence-electron chi connectivity index (χ4n) is 2.75. The van der Waals surface area contributed by atoms with E-state index in [2.05, 4.69) is 130 Å². The quantitative estimate of drug-likeness (QED) is 0.106. The first kappa shape index (κ1) is 35.6. The summed E-state index contributed by atoms with van der Waals surface area (Å²) in [7, 11) is 5.33. The molecule has 0 radical (unpaired) electrons. The second-order valence-electron chi connectivity index (χ2n) is 8.14. The second kappa shape index (κ2) is 21.8. The Hall–Kier alpha value is -7.87. The largest absolute Gasteiger partial charge is 0.378 e. The summed E-state index contributed by atoms with van der Waals surface area (Å²) in [6.45, 7) is 0. The van der Waals surface area contributed by atoms with Crippen LogP contribution in [0.1, 0.15) is 10.4 Å². The van der Waals surface area contributed by atoms with Gasteiger partial charge in [0.25, 0.3) is 0 Å². The molecule has 0 N–H and O–H groups in total. The van der Waals surface area contributed by atoms with E-state index in [1.165, 1.54) is 19.2 Å². The molecule has 0 aliphatic rings. The summed E-state index contributed by atoms with van der Waals surface area (Å²) < 4.78 is 0. The summed E-state index contributed by atoms with van der Waals surface area (Å²) in [6.07, 6.45) is 0. The number of rotatable bonds is 16. The van der Waals surface area contributed by atoms with Gasteiger partial charge >= 0.3 is 5.97 Å². The van der Waals surface area contributed by atoms with Gasteiger partial charge in [0.15, 0.2) is 0 Å². The number of carbonyl (C=O) groups is 1. The molecular formula is C22H21N25O2. The first-order valence-corrected chi connectivity index (χ1v) is 13.0. The molecule has 27 nitrogen and oxygen atoms in total. The average molecular weight is 668 g/mol. The third-order valence-corrected chi connectivity index (χ3v) is 4.81. The molecule has 0 aromatic heterocycles. The summed E-state index contributed by atoms with van der Waals surface area (Å²) in [5.41, 5.74) is 3.73. The minimum atomic E-state index is -0.813. The van der Waals surface area contributed by atoms with E-state index in [1.54, 1.807) is 36.4 Å². The van der Waals surface area contributed by atoms with Crippen LogP contribution in [-0.4, -0.2) is 27.1 Å². The monoisotopic (exact) mass is 667 g/mol. The molecule has 0 saturated carbocycles. The Morgan fingerprint density at radius 1 is 0.449 bits per heavy atom. The molecule has 27 heteroatoms. The molecule has 246 valence electrons. The van der Waals surface area contributed by atoms with Gasteiger partial charge in [-0.1, -0.05) is 0 Å². The summed E-state index contributed by atoms with van der Waals surface area (Å²) in [6, 6.07) is 20.8. The van der Waals surface area contributed by atoms with Crippen molar-refractivity contribution in [1.29, 1.82) is 0 Å². The average Bonchev–Trinajstić information content (AvgIpc) is 3.13. The van der Waals surface area contributed by atoms with Crippen molar-refractivity contribution in [3.8, 4) is 0 Å². The van der Waals surface area contributed by atoms with Crippen molar-refractivity contribution in [2.45, 2.75) is 0 Å². The third kappa shape index (κ3) is 15.1. The summed E-state index contributed by atoms with van der Waals surface area (Å²) in [5.74, 6) is -0.813. The highest BCUT2D eigenvalue weighted by Gasteiger charge is 2.07. The molecule has 0 bridgehead atoms. The van der Waals surface area contributed by atoms with Gasteiger partial charge in [0.1, 0.15) is 0 Å². The van der Waals surface area contributed by atoms with E-state index in [-0.39, 0.29) is 5.56 Å². The van der Waals surface area contributed by atoms with E-state index in [0.717, 1.165) is 11.4 Å². The number of azo groups is 2. The molecular weight excluding hydrogens is 646 g/mol. The van der Waals surface area contributed by atoms with Crippen molar-refractivity contribution in [2.24, 2.45) is 125 Å². The van der Waals surface area contributed by atoms with Gasteiger partial charge in [0.05, 0.1) is 40.6 Å². The lowest BCUT2D eigenvalue weighted by Crippen LogP contribution is -2.07. The first-order chi connectivity index (χ1) is 24.0. The van der Waals surface area contributed by atoms with Crippen LogP contribution in [0.15, 0.2) is 198 Å². The molecule has 0 saturated heterocycles. The topological polar surface area (TPSA) is 326 Å². The van der Waals surface area contributed by atoms with Crippen molar-refractivity contribution in [3.05, 3.63) is 78.4 Å². The van der Waals surface area contributed by atoms with Crippen LogP contribution < -0.4 is 4.90 Å². The smallest absolute Gasteiger partial charge is 0.367 e. The number of hydrogen-bond donors (Lipinski definition) is 0. The van der Waals surface area contributed by atoms with E-state index in [0.29, 0.717) is 17.1 Å². The van der Waals surface area contributed by atoms with Gasteiger partial charge in [-0.3, -0.25) is 4.84 Å². The van der Waals surface area contributed by atoms with Gasteiger partial charge < -0.3 is 4.90 Å². The molecule has 49 heavy (non-hydrogen) atoms. The first-order valence-electron chi connectivity index (χ1n) is 13.0. The van der Waals surface area contributed by atoms with Crippen LogP contribution in [-0.2, 0) is 4.84 Å². The van der Waals surface area contributed by atoms with Crippen molar-refractivity contribution in [3.63, 3.8) is 0 Å². The highest BCUT2D eigenvalue weighted by Crippen LogP contribution is 2.24. The Bertz CT molecular complexity index is 1820. The molecule has 0 aliphatic heterocycles. The number of nitrogens with zero attached hydrogens (tertiary/aromatic N) is 25. The lowest BCUT2D eigenvalue weighted by Gasteiger charge is -2.11. The molecule has 0 atom stereocenters. The molecule has 0 amide bonds. The number of hydrogen-bond acceptors (Lipinski definition) is 9. The zero-order valence-corrected chi connectivity index (χ0v) is 25.4. The zero-order chi connectivity index (χ0) is 34.8. The predicted molar refractivity (Wildman–Crippen MR) is 162 cm³/mol. The maximum Gasteiger partial charge on any atom is 0.367 e. The van der Waals surface area contributed by atoms with Crippen LogP contribution >= 0.6 is 0 Å². The second-order valence-corrected chi connectivity index (χ2v) is 8.14. The van der Waals surface area contributed by atoms with Crippen LogP contribution in [0.5, 0.6) is 0 Å². The Balaban J connectivity index is 1.35. The minimum Gasteiger partial charge on any atom is -0.378 e. The van der Waals surface area contributed by atoms with Crippen molar-refractivity contribution >= 4 is 34.4 Å². The fraction of sp³-hybridized carbons (Fsp3) is 0.136. The van der Waals surface area contributed by atoms with Gasteiger partial charge in [-0.25, -0.2) is 4.79 Å². The lowest BCUT2D eigenvalue weighted by atomic mass is 10.2. The highest BCUT2D eigenvalue weighted by atomic mass is 16.7. The van der Waals surface area contributed by atoms with E-state index in [9.17, 15) is 4.79 Å². The summed E-state index contributed by atoms with van der Waals surface area (Å²) >= 11 is 0. The molecule has 3 aromatic rings. The SMILES string of the molecule is CN=NN=NN=NN=NN=NN=NN=NN=NN=NN=NOC(=O)c1ccc(N=Nc2ccc(N=Nc3ccc(N(C)C)cc3)cc2)cc1. The van der Waals surface area contributed by atoms with Gasteiger partial charge in [-0.05, 0) is 115 Å². The summed E-state index contributed by atoms with van der Waals surface area (Å²) in [4.78, 5) is 18.7. The standard InChI is InChI=1S/C22H21N25O2/c1-23-28-29-30-31-32-33-34-35-36-37-38-39-40-41-42-43-44-45-46-49-22(48)16-4-6-17(7-5-16)24-25-18-8-10-19(11-9-18)26-27-20-12-14-21(15-13-20)47(2)3/h4-15H,1-3H3. The molecule has 3 rings (SSSR count). The Morgan fingerprint density at radius 2 is 0.755 bits per heavy atom. The molecule has 0 unspecified atom stereocenters. The van der Waals surface area contributed by atoms with Gasteiger partial charge in [0.2, 0.25) is 0 Å². The van der Waals surface area contributed by atoms with E-state index in [4.69, 9.17) is 0 Å². The zero-order valence-electron chi connectivity index (χ0n) is 25.4. The van der Waals surface area contributed by atoms with Gasteiger partial charge in [0, 0.05) is 72.0 Å². The van der Waals surface area contributed by atoms with E-state index < -0.39 is 5.97 Å². The van der Waals surface area contributed by atoms with Crippen LogP contribution in [0.4, 0.5) is 28.4 Å². The molecule has 0 heterocycles. The normalized spacial score (nSPS) is 13.1. The van der Waals surface area contributed by atoms with Crippen molar-refractivity contribution in [1.82, 2.24) is 0 Å². The predicted octanol–water partition coefficient (Wildman–Crippen LogP) is 10.0. The van der Waals surface area contributed by atoms with E-state index >= 15 is 0 Å². The Labute approximate surface area is 273 Å². The molecule has 3 aromatic carbocycles. The molecule has 0 spiro atoms. The maximum atomic E-state index is 12.1. The van der Waals surface area contributed by atoms with Crippen LogP contribution in [0.25, 0.3) is 0 Å². The highest BCUT2D eigenvalue weighted by molar-refractivity contribution is 5.89. The minimum absolute atomic E-state index is 0.168.